The van der Waals surface area contributed by atoms with Crippen molar-refractivity contribution < 1.29 is 19.0 Å². The third kappa shape index (κ3) is 3.10. The van der Waals surface area contributed by atoms with Crippen LogP contribution >= 0.6 is 11.6 Å². The number of hydrogen-bond donors (Lipinski definition) is 0. The summed E-state index contributed by atoms with van der Waals surface area (Å²) in [6, 6.07) is 23.3. The maximum Gasteiger partial charge on any atom is 0.371 e. The lowest BCUT2D eigenvalue weighted by molar-refractivity contribution is -0.289. The summed E-state index contributed by atoms with van der Waals surface area (Å²) in [6.07, 6.45) is 4.23. The number of carbonyl (C=O) groups is 1. The Kier molecular flexibility index (Phi) is 4.94. The Morgan fingerprint density at radius 1 is 0.839 bits per heavy atom. The van der Waals surface area contributed by atoms with Gasteiger partial charge in [-0.3, -0.25) is 0 Å². The summed E-state index contributed by atoms with van der Waals surface area (Å²) >= 11 is 6.05. The first-order valence-electron chi connectivity index (χ1n) is 10.1. The Balaban J connectivity index is 1.63. The normalized spacial score (nSPS) is 18.0. The van der Waals surface area contributed by atoms with E-state index in [1.54, 1.807) is 24.3 Å². The highest BCUT2D eigenvalue weighted by atomic mass is 35.5. The van der Waals surface area contributed by atoms with Gasteiger partial charge < -0.3 is 14.2 Å². The number of rotatable bonds is 2. The van der Waals surface area contributed by atoms with Crippen LogP contribution in [0.25, 0.3) is 12.2 Å². The van der Waals surface area contributed by atoms with E-state index in [1.165, 1.54) is 7.11 Å². The summed E-state index contributed by atoms with van der Waals surface area (Å²) in [5.74, 6) is -2.24. The standard InChI is InChI=1S/C26H21ClO4/c1-29-24(28)26(20-12-14-21(27)15-13-20)30-16-25(17-31-26)22-8-4-2-6-18(22)10-11-19-7-3-5-9-23(19)25/h2-15H,16-17H2,1H3. The summed E-state index contributed by atoms with van der Waals surface area (Å²) in [7, 11) is 1.33. The minimum absolute atomic E-state index is 0.250. The third-order valence-electron chi connectivity index (χ3n) is 6.12. The van der Waals surface area contributed by atoms with Crippen LogP contribution in [0.4, 0.5) is 0 Å². The molecule has 1 aliphatic heterocycles. The van der Waals surface area contributed by atoms with Crippen LogP contribution in [0, 0.1) is 0 Å². The van der Waals surface area contributed by atoms with E-state index in [-0.39, 0.29) is 13.2 Å². The molecule has 4 nitrogen and oxygen atoms in total. The van der Waals surface area contributed by atoms with Crippen LogP contribution < -0.4 is 0 Å². The van der Waals surface area contributed by atoms with E-state index in [9.17, 15) is 4.79 Å². The fraction of sp³-hybridized carbons (Fsp3) is 0.192. The van der Waals surface area contributed by atoms with Crippen molar-refractivity contribution in [3.05, 3.63) is 106 Å². The molecular weight excluding hydrogens is 412 g/mol. The number of carbonyl (C=O) groups excluding carboxylic acids is 1. The van der Waals surface area contributed by atoms with E-state index in [0.29, 0.717) is 10.6 Å². The summed E-state index contributed by atoms with van der Waals surface area (Å²) < 4.78 is 17.8. The predicted octanol–water partition coefficient (Wildman–Crippen LogP) is 5.18. The van der Waals surface area contributed by atoms with Gasteiger partial charge in [-0.25, -0.2) is 4.79 Å². The lowest BCUT2D eigenvalue weighted by Crippen LogP contribution is -2.55. The van der Waals surface area contributed by atoms with Gasteiger partial charge in [-0.05, 0) is 34.4 Å². The maximum atomic E-state index is 12.9. The molecule has 0 bridgehead atoms. The minimum Gasteiger partial charge on any atom is -0.465 e. The van der Waals surface area contributed by atoms with E-state index >= 15 is 0 Å². The number of methoxy groups -OCH3 is 1. The fourth-order valence-electron chi connectivity index (χ4n) is 4.53. The predicted molar refractivity (Wildman–Crippen MR) is 120 cm³/mol. The molecule has 2 aliphatic rings. The van der Waals surface area contributed by atoms with Crippen molar-refractivity contribution in [1.82, 2.24) is 0 Å². The molecule has 31 heavy (non-hydrogen) atoms. The molecule has 1 aliphatic carbocycles. The van der Waals surface area contributed by atoms with Crippen molar-refractivity contribution in [2.75, 3.05) is 20.3 Å². The average Bonchev–Trinajstić information content (AvgIpc) is 2.96. The second kappa shape index (κ2) is 7.65. The van der Waals surface area contributed by atoms with Gasteiger partial charge in [-0.2, -0.15) is 0 Å². The Bertz CT molecular complexity index is 1110. The van der Waals surface area contributed by atoms with Crippen LogP contribution in [-0.2, 0) is 30.2 Å². The van der Waals surface area contributed by atoms with Crippen LogP contribution in [-0.4, -0.2) is 26.3 Å². The van der Waals surface area contributed by atoms with Crippen LogP contribution in [0.3, 0.4) is 0 Å². The van der Waals surface area contributed by atoms with Gasteiger partial charge in [0.15, 0.2) is 0 Å². The molecule has 0 unspecified atom stereocenters. The SMILES string of the molecule is COC(=O)C1(c2ccc(Cl)cc2)OCC2(CO1)c1ccccc1C=Cc1ccccc12. The number of halogens is 1. The molecule has 3 aromatic carbocycles. The lowest BCUT2D eigenvalue weighted by Gasteiger charge is -2.46. The van der Waals surface area contributed by atoms with Gasteiger partial charge in [-0.1, -0.05) is 84.4 Å². The lowest BCUT2D eigenvalue weighted by atomic mass is 9.72. The largest absolute Gasteiger partial charge is 0.465 e. The molecule has 3 aromatic rings. The number of hydrogen-bond acceptors (Lipinski definition) is 4. The first-order valence-corrected chi connectivity index (χ1v) is 10.5. The van der Waals surface area contributed by atoms with Crippen LogP contribution in [0.5, 0.6) is 0 Å². The smallest absolute Gasteiger partial charge is 0.371 e. The summed E-state index contributed by atoms with van der Waals surface area (Å²) in [5, 5.41) is 0.564. The average molecular weight is 433 g/mol. The van der Waals surface area contributed by atoms with E-state index in [2.05, 4.69) is 36.4 Å². The second-order valence-corrected chi connectivity index (χ2v) is 8.22. The van der Waals surface area contributed by atoms with Crippen LogP contribution in [0.1, 0.15) is 27.8 Å². The zero-order chi connectivity index (χ0) is 21.5. The van der Waals surface area contributed by atoms with Crippen molar-refractivity contribution in [3.8, 4) is 0 Å². The zero-order valence-corrected chi connectivity index (χ0v) is 17.8. The van der Waals surface area contributed by atoms with Gasteiger partial charge >= 0.3 is 5.97 Å². The van der Waals surface area contributed by atoms with E-state index in [0.717, 1.165) is 22.3 Å². The van der Waals surface area contributed by atoms with Crippen LogP contribution in [0.15, 0.2) is 72.8 Å². The summed E-state index contributed by atoms with van der Waals surface area (Å²) in [6.45, 7) is 0.501. The Morgan fingerprint density at radius 3 is 1.87 bits per heavy atom. The molecule has 1 saturated heterocycles. The Morgan fingerprint density at radius 2 is 1.35 bits per heavy atom. The molecule has 5 heteroatoms. The molecule has 0 radical (unpaired) electrons. The molecule has 0 saturated carbocycles. The highest BCUT2D eigenvalue weighted by Crippen LogP contribution is 2.46. The van der Waals surface area contributed by atoms with Crippen molar-refractivity contribution in [3.63, 3.8) is 0 Å². The van der Waals surface area contributed by atoms with Gasteiger partial charge in [0.25, 0.3) is 5.79 Å². The van der Waals surface area contributed by atoms with Crippen LogP contribution in [0.2, 0.25) is 5.02 Å². The molecule has 0 aromatic heterocycles. The van der Waals surface area contributed by atoms with Crippen molar-refractivity contribution >= 4 is 29.7 Å². The topological polar surface area (TPSA) is 44.8 Å². The maximum absolute atomic E-state index is 12.9. The first-order chi connectivity index (χ1) is 15.1. The zero-order valence-electron chi connectivity index (χ0n) is 17.0. The molecule has 1 heterocycles. The Hall–Kier alpha value is -2.92. The molecule has 0 amide bonds. The number of ether oxygens (including phenoxy) is 3. The van der Waals surface area contributed by atoms with E-state index < -0.39 is 17.2 Å². The third-order valence-corrected chi connectivity index (χ3v) is 6.37. The van der Waals surface area contributed by atoms with E-state index in [1.807, 2.05) is 24.3 Å². The van der Waals surface area contributed by atoms with Gasteiger partial charge in [-0.15, -0.1) is 0 Å². The van der Waals surface area contributed by atoms with Gasteiger partial charge in [0.1, 0.15) is 0 Å². The first kappa shape index (κ1) is 20.0. The van der Waals surface area contributed by atoms with Gasteiger partial charge in [0.2, 0.25) is 0 Å². The summed E-state index contributed by atoms with van der Waals surface area (Å²) in [4.78, 5) is 12.9. The minimum atomic E-state index is -1.64. The fourth-order valence-corrected chi connectivity index (χ4v) is 4.66. The second-order valence-electron chi connectivity index (χ2n) is 7.78. The van der Waals surface area contributed by atoms with Crippen molar-refractivity contribution in [1.29, 1.82) is 0 Å². The summed E-state index contributed by atoms with van der Waals surface area (Å²) in [5.41, 5.74) is 4.38. The number of fused-ring (bicyclic) bond motifs is 4. The quantitative estimate of drug-likeness (QED) is 0.523. The molecule has 0 atom stereocenters. The molecule has 156 valence electrons. The number of esters is 1. The van der Waals surface area contributed by atoms with E-state index in [4.69, 9.17) is 25.8 Å². The van der Waals surface area contributed by atoms with Crippen molar-refractivity contribution in [2.24, 2.45) is 0 Å². The highest BCUT2D eigenvalue weighted by Gasteiger charge is 2.54. The van der Waals surface area contributed by atoms with Gasteiger partial charge in [0, 0.05) is 10.6 Å². The van der Waals surface area contributed by atoms with Crippen molar-refractivity contribution in [2.45, 2.75) is 11.2 Å². The monoisotopic (exact) mass is 432 g/mol. The number of benzene rings is 3. The molecule has 0 N–H and O–H groups in total. The molecule has 5 rings (SSSR count). The molecular formula is C26H21ClO4. The molecule has 1 spiro atoms. The van der Waals surface area contributed by atoms with Gasteiger partial charge in [0.05, 0.1) is 25.7 Å². The Labute approximate surface area is 186 Å². The molecule has 1 fully saturated rings. The highest BCUT2D eigenvalue weighted by molar-refractivity contribution is 6.30.